The molecule has 1 aliphatic rings. The van der Waals surface area contributed by atoms with Crippen LogP contribution in [-0.2, 0) is 6.42 Å². The molecule has 82 valence electrons. The fourth-order valence-electron chi connectivity index (χ4n) is 1.87. The van der Waals surface area contributed by atoms with E-state index in [0.717, 1.165) is 12.8 Å². The lowest BCUT2D eigenvalue weighted by Gasteiger charge is -2.16. The molecule has 0 atom stereocenters. The van der Waals surface area contributed by atoms with Crippen LogP contribution >= 0.6 is 0 Å². The topological polar surface area (TPSA) is 12.4 Å². The van der Waals surface area contributed by atoms with Gasteiger partial charge in [0.1, 0.15) is 5.71 Å². The molecule has 2 rings (SSSR count). The molecule has 0 unspecified atom stereocenters. The van der Waals surface area contributed by atoms with Crippen molar-refractivity contribution in [1.29, 1.82) is 0 Å². The van der Waals surface area contributed by atoms with Crippen molar-refractivity contribution >= 4 is 5.71 Å². The maximum Gasteiger partial charge on any atom is 0.104 e. The van der Waals surface area contributed by atoms with E-state index in [4.69, 9.17) is 5.10 Å². The molecule has 0 spiro atoms. The fraction of sp³-hybridized carbons (Fsp3) is 0.417. The van der Waals surface area contributed by atoms with Crippen LogP contribution in [0, 0.1) is 0 Å². The normalized spacial score (nSPS) is 17.4. The molecule has 2 nitrogen and oxygen atoms in total. The largest absolute Gasteiger partial charge is 1.00 e. The third kappa shape index (κ3) is 3.01. The SMILES string of the molecule is C[N+](C)(C)/N=C1\CCc2ccccc21.[I-]. The van der Waals surface area contributed by atoms with E-state index in [9.17, 15) is 0 Å². The quantitative estimate of drug-likeness (QED) is 0.360. The van der Waals surface area contributed by atoms with Crippen LogP contribution < -0.4 is 24.0 Å². The van der Waals surface area contributed by atoms with Gasteiger partial charge < -0.3 is 24.0 Å². The van der Waals surface area contributed by atoms with E-state index >= 15 is 0 Å². The molecule has 0 saturated heterocycles. The van der Waals surface area contributed by atoms with E-state index in [-0.39, 0.29) is 24.0 Å². The minimum absolute atomic E-state index is 0. The van der Waals surface area contributed by atoms with Crippen molar-refractivity contribution in [3.63, 3.8) is 0 Å². The first-order valence-electron chi connectivity index (χ1n) is 5.05. The van der Waals surface area contributed by atoms with E-state index in [2.05, 4.69) is 45.4 Å². The minimum atomic E-state index is 0. The monoisotopic (exact) mass is 316 g/mol. The number of fused-ring (bicyclic) bond motifs is 1. The lowest BCUT2D eigenvalue weighted by Crippen LogP contribution is -3.00. The molecule has 1 aromatic carbocycles. The van der Waals surface area contributed by atoms with Gasteiger partial charge in [-0.15, -0.1) is 0 Å². The van der Waals surface area contributed by atoms with Gasteiger partial charge in [-0.2, -0.15) is 0 Å². The molecule has 0 bridgehead atoms. The van der Waals surface area contributed by atoms with E-state index < -0.39 is 0 Å². The molecular formula is C12H17IN2. The highest BCUT2D eigenvalue weighted by atomic mass is 127. The minimum Gasteiger partial charge on any atom is -1.00 e. The summed E-state index contributed by atoms with van der Waals surface area (Å²) < 4.78 is 0.656. The molecule has 15 heavy (non-hydrogen) atoms. The van der Waals surface area contributed by atoms with Gasteiger partial charge in [0.25, 0.3) is 0 Å². The van der Waals surface area contributed by atoms with E-state index in [0.29, 0.717) is 4.59 Å². The standard InChI is InChI=1S/C12H17N2.HI/c1-14(2,3)13-12-9-8-10-6-4-5-7-11(10)12;/h4-7H,8-9H2,1-3H3;1H/q+1;/p-1/b13-12+;. The van der Waals surface area contributed by atoms with Crippen LogP contribution in [0.3, 0.4) is 0 Å². The van der Waals surface area contributed by atoms with Crippen LogP contribution in [0.15, 0.2) is 29.4 Å². The summed E-state index contributed by atoms with van der Waals surface area (Å²) in [5.41, 5.74) is 4.05. The van der Waals surface area contributed by atoms with Crippen LogP contribution in [0.2, 0.25) is 0 Å². The molecular weight excluding hydrogens is 299 g/mol. The average molecular weight is 316 g/mol. The lowest BCUT2D eigenvalue weighted by atomic mass is 10.1. The van der Waals surface area contributed by atoms with Crippen molar-refractivity contribution in [3.8, 4) is 0 Å². The van der Waals surface area contributed by atoms with Gasteiger partial charge in [-0.05, 0) is 18.4 Å². The van der Waals surface area contributed by atoms with Crippen molar-refractivity contribution < 1.29 is 28.6 Å². The molecule has 0 saturated carbocycles. The van der Waals surface area contributed by atoms with E-state index in [1.165, 1.54) is 16.8 Å². The molecule has 0 N–H and O–H groups in total. The van der Waals surface area contributed by atoms with Crippen molar-refractivity contribution in [3.05, 3.63) is 35.4 Å². The average Bonchev–Trinajstić information content (AvgIpc) is 2.47. The third-order valence-corrected chi connectivity index (χ3v) is 2.38. The molecule has 0 radical (unpaired) electrons. The number of halogens is 1. The molecule has 0 aliphatic heterocycles. The number of quaternary nitrogens is 1. The highest BCUT2D eigenvalue weighted by Crippen LogP contribution is 2.22. The van der Waals surface area contributed by atoms with Gasteiger partial charge in [-0.25, -0.2) is 4.59 Å². The predicted octanol–water partition coefficient (Wildman–Crippen LogP) is -0.953. The van der Waals surface area contributed by atoms with Crippen LogP contribution in [0.4, 0.5) is 0 Å². The van der Waals surface area contributed by atoms with Crippen LogP contribution in [-0.4, -0.2) is 31.4 Å². The maximum absolute atomic E-state index is 4.70. The molecule has 0 amide bonds. The summed E-state index contributed by atoms with van der Waals surface area (Å²) in [5, 5.41) is 4.70. The zero-order valence-electron chi connectivity index (χ0n) is 9.50. The summed E-state index contributed by atoms with van der Waals surface area (Å²) in [5.74, 6) is 0. The van der Waals surface area contributed by atoms with Crippen LogP contribution in [0.25, 0.3) is 0 Å². The Morgan fingerprint density at radius 2 is 1.73 bits per heavy atom. The Balaban J connectivity index is 0.00000112. The molecule has 1 aromatic rings. The van der Waals surface area contributed by atoms with Gasteiger partial charge in [0.2, 0.25) is 0 Å². The summed E-state index contributed by atoms with van der Waals surface area (Å²) in [6.45, 7) is 0. The third-order valence-electron chi connectivity index (χ3n) is 2.38. The Labute approximate surface area is 109 Å². The van der Waals surface area contributed by atoms with Gasteiger partial charge >= 0.3 is 0 Å². The first-order chi connectivity index (χ1) is 6.56. The zero-order valence-corrected chi connectivity index (χ0v) is 11.7. The molecule has 0 heterocycles. The fourth-order valence-corrected chi connectivity index (χ4v) is 1.87. The Hall–Kier alpha value is -0.420. The maximum atomic E-state index is 4.70. The smallest absolute Gasteiger partial charge is 0.104 e. The van der Waals surface area contributed by atoms with Gasteiger partial charge in [-0.3, -0.25) is 0 Å². The van der Waals surface area contributed by atoms with Crippen molar-refractivity contribution in [1.82, 2.24) is 0 Å². The van der Waals surface area contributed by atoms with Crippen molar-refractivity contribution in [2.45, 2.75) is 12.8 Å². The number of nitrogens with zero attached hydrogens (tertiary/aromatic N) is 2. The molecule has 3 heteroatoms. The van der Waals surface area contributed by atoms with E-state index in [1.807, 2.05) is 0 Å². The zero-order chi connectivity index (χ0) is 10.2. The summed E-state index contributed by atoms with van der Waals surface area (Å²) in [4.78, 5) is 0. The predicted molar refractivity (Wildman–Crippen MR) is 59.3 cm³/mol. The summed E-state index contributed by atoms with van der Waals surface area (Å²) in [7, 11) is 6.27. The second-order valence-electron chi connectivity index (χ2n) is 4.65. The number of rotatable bonds is 1. The van der Waals surface area contributed by atoms with Crippen molar-refractivity contribution in [2.24, 2.45) is 5.10 Å². The van der Waals surface area contributed by atoms with Gasteiger partial charge in [-0.1, -0.05) is 29.4 Å². The highest BCUT2D eigenvalue weighted by Gasteiger charge is 2.20. The number of aryl methyl sites for hydroxylation is 1. The van der Waals surface area contributed by atoms with E-state index in [1.54, 1.807) is 0 Å². The second-order valence-corrected chi connectivity index (χ2v) is 4.65. The molecule has 0 fully saturated rings. The van der Waals surface area contributed by atoms with Crippen molar-refractivity contribution in [2.75, 3.05) is 21.1 Å². The Morgan fingerprint density at radius 3 is 2.40 bits per heavy atom. The van der Waals surface area contributed by atoms with Gasteiger partial charge in [0.15, 0.2) is 0 Å². The number of hydrogen-bond donors (Lipinski definition) is 0. The Morgan fingerprint density at radius 1 is 1.07 bits per heavy atom. The highest BCUT2D eigenvalue weighted by molar-refractivity contribution is 6.04. The Bertz CT molecular complexity index is 377. The Kier molecular flexibility index (Phi) is 3.89. The summed E-state index contributed by atoms with van der Waals surface area (Å²) >= 11 is 0. The lowest BCUT2D eigenvalue weighted by molar-refractivity contribution is -0.877. The van der Waals surface area contributed by atoms with Crippen LogP contribution in [0.1, 0.15) is 17.5 Å². The summed E-state index contributed by atoms with van der Waals surface area (Å²) in [6.07, 6.45) is 2.24. The van der Waals surface area contributed by atoms with Gasteiger partial charge in [0.05, 0.1) is 21.1 Å². The van der Waals surface area contributed by atoms with Gasteiger partial charge in [0, 0.05) is 5.56 Å². The number of benzene rings is 1. The first-order valence-corrected chi connectivity index (χ1v) is 5.05. The van der Waals surface area contributed by atoms with Crippen LogP contribution in [0.5, 0.6) is 0 Å². The number of hydrogen-bond acceptors (Lipinski definition) is 1. The second kappa shape index (κ2) is 4.61. The summed E-state index contributed by atoms with van der Waals surface area (Å²) in [6, 6.07) is 8.58. The molecule has 0 aromatic heterocycles. The first kappa shape index (κ1) is 12.6. The molecule has 1 aliphatic carbocycles.